The Labute approximate surface area is 416 Å². The number of ketones is 2. The van der Waals surface area contributed by atoms with E-state index in [9.17, 15) is 28.8 Å². The lowest BCUT2D eigenvalue weighted by Crippen LogP contribution is -2.49. The van der Waals surface area contributed by atoms with Gasteiger partial charge in [-0.3, -0.25) is 38.1 Å². The summed E-state index contributed by atoms with van der Waals surface area (Å²) in [6.45, 7) is 5.41. The summed E-state index contributed by atoms with van der Waals surface area (Å²) >= 11 is 0. The van der Waals surface area contributed by atoms with Crippen molar-refractivity contribution in [2.24, 2.45) is 11.8 Å². The average molecular weight is 973 g/mol. The molecule has 2 aliphatic carbocycles. The molecule has 8 atom stereocenters. The molecule has 4 aliphatic rings. The monoisotopic (exact) mass is 973 g/mol. The van der Waals surface area contributed by atoms with Gasteiger partial charge in [0.15, 0.2) is 0 Å². The number of carbonyl (C=O) groups excluding carboxylic acids is 6. The molecule has 0 radical (unpaired) electrons. The smallest absolute Gasteiger partial charge is 0.243 e. The largest absolute Gasteiger partial charge is 0.347 e. The minimum absolute atomic E-state index is 0.00210. The molecule has 18 heteroatoms. The number of Topliss-reactive ketones (excluding diaryl/α,β-unsaturated/α-hetero) is 2. The van der Waals surface area contributed by atoms with Crippen molar-refractivity contribution in [1.29, 1.82) is 0 Å². The second kappa shape index (κ2) is 23.8. The van der Waals surface area contributed by atoms with Crippen LogP contribution in [0.4, 0.5) is 0 Å². The van der Waals surface area contributed by atoms with E-state index in [1.165, 1.54) is 11.1 Å². The van der Waals surface area contributed by atoms with Crippen molar-refractivity contribution in [2.45, 2.75) is 160 Å². The van der Waals surface area contributed by atoms with Crippen LogP contribution in [0.2, 0.25) is 0 Å². The number of nitrogens with zero attached hydrogens (tertiary/aromatic N) is 8. The Morgan fingerprint density at radius 3 is 1.44 bits per heavy atom. The van der Waals surface area contributed by atoms with Gasteiger partial charge in [0.05, 0.1) is 47.4 Å². The van der Waals surface area contributed by atoms with Crippen LogP contribution >= 0.6 is 0 Å². The normalized spacial score (nSPS) is 21.4. The van der Waals surface area contributed by atoms with E-state index in [4.69, 9.17) is 0 Å². The van der Waals surface area contributed by atoms with Gasteiger partial charge in [-0.05, 0) is 121 Å². The number of nitrogens with one attached hydrogen (secondary N) is 4. The van der Waals surface area contributed by atoms with Gasteiger partial charge in [-0.25, -0.2) is 0 Å². The van der Waals surface area contributed by atoms with Gasteiger partial charge in [0.2, 0.25) is 23.6 Å². The molecule has 4 amide bonds. The predicted octanol–water partition coefficient (Wildman–Crippen LogP) is 3.78. The third-order valence-electron chi connectivity index (χ3n) is 15.3. The highest BCUT2D eigenvalue weighted by Crippen LogP contribution is 2.33. The third kappa shape index (κ3) is 12.5. The molecule has 2 fully saturated rings. The lowest BCUT2D eigenvalue weighted by atomic mass is 9.87. The van der Waals surface area contributed by atoms with Crippen molar-refractivity contribution < 1.29 is 28.8 Å². The number of amides is 4. The molecular formula is C53H72N12O6. The molecule has 2 aromatic heterocycles. The van der Waals surface area contributed by atoms with Crippen molar-refractivity contribution in [3.05, 3.63) is 94.6 Å². The molecule has 0 spiro atoms. The molecule has 2 saturated heterocycles. The predicted molar refractivity (Wildman–Crippen MR) is 265 cm³/mol. The minimum atomic E-state index is -0.721. The molecule has 71 heavy (non-hydrogen) atoms. The van der Waals surface area contributed by atoms with Crippen molar-refractivity contribution >= 4 is 35.2 Å². The van der Waals surface area contributed by atoms with Crippen LogP contribution in [0.25, 0.3) is 0 Å². The number of aryl methyl sites for hydroxylation is 4. The molecular weight excluding hydrogens is 901 g/mol. The van der Waals surface area contributed by atoms with Crippen molar-refractivity contribution in [2.75, 3.05) is 27.2 Å². The summed E-state index contributed by atoms with van der Waals surface area (Å²) in [5, 5.41) is 30.0. The first-order valence-corrected chi connectivity index (χ1v) is 26.0. The quantitative estimate of drug-likeness (QED) is 0.0885. The van der Waals surface area contributed by atoms with Crippen LogP contribution in [0.5, 0.6) is 0 Å². The van der Waals surface area contributed by atoms with E-state index in [0.29, 0.717) is 69.7 Å². The molecule has 380 valence electrons. The molecule has 18 nitrogen and oxygen atoms in total. The summed E-state index contributed by atoms with van der Waals surface area (Å²) in [4.78, 5) is 86.5. The average Bonchev–Trinajstić information content (AvgIpc) is 4.24. The number of benzene rings is 2. The fourth-order valence-corrected chi connectivity index (χ4v) is 11.1. The standard InChI is InChI=1S/C53H72N12O6/c1-34(54-3)48(66)30-38(52(70)64-26-11-22-46(64)50(68)56-44-20-9-16-36-14-5-7-18-42(36)44)28-40-32-62(60-58-40)24-13-25-63-33-41(59-61-63)29-39(31-49(67)35(2)55-4)53(71)65-27-12-23-47(65)51(69)57-45-21-10-17-37-15-6-8-19-43(37)45/h5-8,14-15,18-19,32-35,38-39,44-47,54-55H,9-13,16-17,20-31H2,1-4H3,(H,56,68)(H,57,69)/t34-,35-,38+,39+,44-,45+,46+,47-/m1/s1. The number of hydrogen-bond acceptors (Lipinski definition) is 12. The molecule has 4 N–H and O–H groups in total. The van der Waals surface area contributed by atoms with Gasteiger partial charge in [-0.1, -0.05) is 59.0 Å². The van der Waals surface area contributed by atoms with Crippen LogP contribution in [0.1, 0.15) is 130 Å². The maximum Gasteiger partial charge on any atom is 0.243 e. The zero-order chi connectivity index (χ0) is 50.0. The highest BCUT2D eigenvalue weighted by atomic mass is 16.2. The molecule has 2 aliphatic heterocycles. The lowest BCUT2D eigenvalue weighted by molar-refractivity contribution is -0.143. The van der Waals surface area contributed by atoms with Crippen LogP contribution in [0, 0.1) is 11.8 Å². The summed E-state index contributed by atoms with van der Waals surface area (Å²) in [5.74, 6) is -2.39. The van der Waals surface area contributed by atoms with Crippen molar-refractivity contribution in [1.82, 2.24) is 61.1 Å². The molecule has 0 unspecified atom stereocenters. The van der Waals surface area contributed by atoms with Gasteiger partial charge in [-0.15, -0.1) is 10.2 Å². The van der Waals surface area contributed by atoms with Gasteiger partial charge < -0.3 is 31.1 Å². The first kappa shape index (κ1) is 51.2. The first-order valence-electron chi connectivity index (χ1n) is 26.0. The Morgan fingerprint density at radius 1 is 0.592 bits per heavy atom. The fourth-order valence-electron chi connectivity index (χ4n) is 11.1. The summed E-state index contributed by atoms with van der Waals surface area (Å²) < 4.78 is 3.42. The molecule has 0 saturated carbocycles. The van der Waals surface area contributed by atoms with Crippen LogP contribution in [0.3, 0.4) is 0 Å². The summed E-state index contributed by atoms with van der Waals surface area (Å²) in [7, 11) is 3.43. The maximum absolute atomic E-state index is 14.4. The van der Waals surface area contributed by atoms with Crippen molar-refractivity contribution in [3.8, 4) is 0 Å². The number of aromatic nitrogens is 6. The van der Waals surface area contributed by atoms with Gasteiger partial charge in [-0.2, -0.15) is 0 Å². The Hall–Kier alpha value is -6.14. The highest BCUT2D eigenvalue weighted by molar-refractivity contribution is 5.94. The topological polar surface area (TPSA) is 218 Å². The van der Waals surface area contributed by atoms with Crippen molar-refractivity contribution in [3.63, 3.8) is 0 Å². The number of likely N-dealkylation sites (N-methyl/N-ethyl adjacent to an activating group) is 2. The van der Waals surface area contributed by atoms with Crippen LogP contribution in [-0.2, 0) is 67.5 Å². The van der Waals surface area contributed by atoms with Crippen LogP contribution in [0.15, 0.2) is 60.9 Å². The summed E-state index contributed by atoms with van der Waals surface area (Å²) in [6.07, 6.45) is 12.8. The third-order valence-corrected chi connectivity index (χ3v) is 15.3. The van der Waals surface area contributed by atoms with E-state index in [1.54, 1.807) is 59.5 Å². The highest BCUT2D eigenvalue weighted by Gasteiger charge is 2.41. The molecule has 8 rings (SSSR count). The van der Waals surface area contributed by atoms with Gasteiger partial charge >= 0.3 is 0 Å². The van der Waals surface area contributed by atoms with E-state index in [2.05, 4.69) is 66.2 Å². The maximum atomic E-state index is 14.4. The van der Waals surface area contributed by atoms with E-state index < -0.39 is 36.0 Å². The second-order valence-electron chi connectivity index (χ2n) is 20.1. The molecule has 0 bridgehead atoms. The molecule has 4 aromatic rings. The zero-order valence-electron chi connectivity index (χ0n) is 41.9. The van der Waals surface area contributed by atoms with E-state index in [1.807, 2.05) is 24.3 Å². The van der Waals surface area contributed by atoms with Gasteiger partial charge in [0.25, 0.3) is 0 Å². The Balaban J connectivity index is 0.872. The SMILES string of the molecule is CN[C@H](C)C(=O)C[C@H](Cc1cn(CCCn2cc(C[C@@H](CC(=O)[C@@H](C)NC)C(=O)N3CCC[C@H]3C(=O)N[C@@H]3CCCc4ccccc43)nn2)nn1)C(=O)N1CCC[C@@H]1C(=O)N[C@H]1CCCc2ccccc21. The Bertz CT molecular complexity index is 2350. The number of carbonyl (C=O) groups is 6. The van der Waals surface area contributed by atoms with Crippen LogP contribution < -0.4 is 21.3 Å². The minimum Gasteiger partial charge on any atom is -0.347 e. The Morgan fingerprint density at radius 2 is 1.01 bits per heavy atom. The lowest BCUT2D eigenvalue weighted by Gasteiger charge is -2.31. The van der Waals surface area contributed by atoms with E-state index in [0.717, 1.165) is 49.7 Å². The Kier molecular flexibility index (Phi) is 17.2. The second-order valence-corrected chi connectivity index (χ2v) is 20.1. The van der Waals surface area contributed by atoms with Gasteiger partial charge in [0, 0.05) is 64.3 Å². The first-order chi connectivity index (χ1) is 34.4. The number of fused-ring (bicyclic) bond motifs is 2. The number of likely N-dealkylation sites (tertiary alicyclic amines) is 2. The number of rotatable bonds is 22. The zero-order valence-corrected chi connectivity index (χ0v) is 41.9. The number of hydrogen-bond donors (Lipinski definition) is 4. The molecule has 2 aromatic carbocycles. The fraction of sp³-hybridized carbons (Fsp3) is 0.585. The van der Waals surface area contributed by atoms with E-state index in [-0.39, 0.29) is 73.0 Å². The molecule has 4 heterocycles. The van der Waals surface area contributed by atoms with E-state index >= 15 is 0 Å². The van der Waals surface area contributed by atoms with Crippen LogP contribution in [-0.4, -0.2) is 126 Å². The van der Waals surface area contributed by atoms with Gasteiger partial charge in [0.1, 0.15) is 23.7 Å². The summed E-state index contributed by atoms with van der Waals surface area (Å²) in [5.41, 5.74) is 5.92. The summed E-state index contributed by atoms with van der Waals surface area (Å²) in [6, 6.07) is 14.1.